The van der Waals surface area contributed by atoms with Crippen molar-refractivity contribution in [3.05, 3.63) is 65.2 Å². The number of para-hydroxylation sites is 1. The zero-order valence-corrected chi connectivity index (χ0v) is 14.3. The van der Waals surface area contributed by atoms with Crippen LogP contribution in [-0.4, -0.2) is 18.4 Å². The van der Waals surface area contributed by atoms with Crippen LogP contribution in [0.1, 0.15) is 29.5 Å². The van der Waals surface area contributed by atoms with Gasteiger partial charge in [-0.25, -0.2) is 0 Å². The van der Waals surface area contributed by atoms with E-state index in [1.807, 2.05) is 50.2 Å². The quantitative estimate of drug-likeness (QED) is 0.606. The van der Waals surface area contributed by atoms with Gasteiger partial charge in [-0.1, -0.05) is 48.5 Å². The van der Waals surface area contributed by atoms with Crippen molar-refractivity contribution in [1.29, 1.82) is 0 Å². The van der Waals surface area contributed by atoms with Crippen molar-refractivity contribution in [2.24, 2.45) is 0 Å². The van der Waals surface area contributed by atoms with Crippen LogP contribution in [0.15, 0.2) is 48.5 Å². The van der Waals surface area contributed by atoms with Crippen LogP contribution in [0.5, 0.6) is 0 Å². The van der Waals surface area contributed by atoms with Gasteiger partial charge in [-0.15, -0.1) is 0 Å². The maximum absolute atomic E-state index is 12.0. The normalized spacial score (nSPS) is 10.2. The summed E-state index contributed by atoms with van der Waals surface area (Å²) in [7, 11) is 0. The highest BCUT2D eigenvalue weighted by atomic mass is 16.2. The second-order valence-corrected chi connectivity index (χ2v) is 5.93. The molecule has 126 valence electrons. The van der Waals surface area contributed by atoms with Gasteiger partial charge < -0.3 is 10.6 Å². The molecule has 0 bridgehead atoms. The molecule has 4 heteroatoms. The zero-order valence-electron chi connectivity index (χ0n) is 14.3. The molecule has 4 nitrogen and oxygen atoms in total. The molecule has 0 atom stereocenters. The summed E-state index contributed by atoms with van der Waals surface area (Å²) in [4.78, 5) is 23.9. The first-order valence-electron chi connectivity index (χ1n) is 8.23. The Bertz CT molecular complexity index is 676. The van der Waals surface area contributed by atoms with Crippen molar-refractivity contribution in [2.75, 3.05) is 11.9 Å². The standard InChI is InChI=1S/C20H24N2O2/c1-15-8-6-9-16(2)20(15)22-19(24)14-18(23)21-13-7-12-17-10-4-3-5-11-17/h3-6,8-11H,7,12-14H2,1-2H3,(H,21,23)(H,22,24). The van der Waals surface area contributed by atoms with Crippen molar-refractivity contribution in [3.8, 4) is 0 Å². The summed E-state index contributed by atoms with van der Waals surface area (Å²) in [5, 5.41) is 5.62. The van der Waals surface area contributed by atoms with E-state index in [9.17, 15) is 9.59 Å². The fourth-order valence-electron chi connectivity index (χ4n) is 2.57. The highest BCUT2D eigenvalue weighted by Gasteiger charge is 2.11. The molecule has 0 fully saturated rings. The predicted molar refractivity (Wildman–Crippen MR) is 96.9 cm³/mol. The van der Waals surface area contributed by atoms with Gasteiger partial charge in [0.1, 0.15) is 6.42 Å². The molecular formula is C20H24N2O2. The van der Waals surface area contributed by atoms with Gasteiger partial charge in [-0.2, -0.15) is 0 Å². The van der Waals surface area contributed by atoms with Gasteiger partial charge in [0.05, 0.1) is 0 Å². The van der Waals surface area contributed by atoms with Crippen molar-refractivity contribution in [2.45, 2.75) is 33.1 Å². The zero-order chi connectivity index (χ0) is 17.4. The first-order chi connectivity index (χ1) is 11.6. The number of anilines is 1. The Labute approximate surface area is 143 Å². The summed E-state index contributed by atoms with van der Waals surface area (Å²) < 4.78 is 0. The molecule has 0 unspecified atom stereocenters. The van der Waals surface area contributed by atoms with E-state index in [1.54, 1.807) is 0 Å². The lowest BCUT2D eigenvalue weighted by atomic mass is 10.1. The molecule has 24 heavy (non-hydrogen) atoms. The number of nitrogens with one attached hydrogen (secondary N) is 2. The lowest BCUT2D eigenvalue weighted by Crippen LogP contribution is -2.29. The molecular weight excluding hydrogens is 300 g/mol. The third-order valence-electron chi connectivity index (χ3n) is 3.87. The Hall–Kier alpha value is -2.62. The molecule has 2 aromatic rings. The van der Waals surface area contributed by atoms with Crippen molar-refractivity contribution in [3.63, 3.8) is 0 Å². The first-order valence-corrected chi connectivity index (χ1v) is 8.23. The Kier molecular flexibility index (Phi) is 6.55. The second-order valence-electron chi connectivity index (χ2n) is 5.93. The van der Waals surface area contributed by atoms with Crippen LogP contribution < -0.4 is 10.6 Å². The van der Waals surface area contributed by atoms with E-state index >= 15 is 0 Å². The highest BCUT2D eigenvalue weighted by Crippen LogP contribution is 2.19. The number of benzene rings is 2. The van der Waals surface area contributed by atoms with Crippen LogP contribution in [0.4, 0.5) is 5.69 Å². The number of hydrogen-bond donors (Lipinski definition) is 2. The van der Waals surface area contributed by atoms with E-state index in [-0.39, 0.29) is 18.2 Å². The Balaban J connectivity index is 1.71. The number of carbonyl (C=O) groups excluding carboxylic acids is 2. The lowest BCUT2D eigenvalue weighted by molar-refractivity contribution is -0.126. The van der Waals surface area contributed by atoms with E-state index in [1.165, 1.54) is 5.56 Å². The average molecular weight is 324 g/mol. The molecule has 0 aliphatic carbocycles. The Morgan fingerprint density at radius 3 is 2.21 bits per heavy atom. The molecule has 0 aromatic heterocycles. The third kappa shape index (κ3) is 5.54. The summed E-state index contributed by atoms with van der Waals surface area (Å²) in [6.45, 7) is 4.45. The molecule has 2 N–H and O–H groups in total. The van der Waals surface area contributed by atoms with Gasteiger partial charge in [0.15, 0.2) is 0 Å². The van der Waals surface area contributed by atoms with E-state index < -0.39 is 0 Å². The SMILES string of the molecule is Cc1cccc(C)c1NC(=O)CC(=O)NCCCc1ccccc1. The predicted octanol–water partition coefficient (Wildman–Crippen LogP) is 3.38. The van der Waals surface area contributed by atoms with Gasteiger partial charge in [0.25, 0.3) is 0 Å². The molecule has 2 amide bonds. The smallest absolute Gasteiger partial charge is 0.233 e. The fraction of sp³-hybridized carbons (Fsp3) is 0.300. The van der Waals surface area contributed by atoms with E-state index in [0.717, 1.165) is 29.7 Å². The lowest BCUT2D eigenvalue weighted by Gasteiger charge is -2.11. The minimum absolute atomic E-state index is 0.154. The van der Waals surface area contributed by atoms with E-state index in [0.29, 0.717) is 6.54 Å². The topological polar surface area (TPSA) is 58.2 Å². The monoisotopic (exact) mass is 324 g/mol. The van der Waals surface area contributed by atoms with Gasteiger partial charge in [0.2, 0.25) is 11.8 Å². The van der Waals surface area contributed by atoms with Crippen molar-refractivity contribution >= 4 is 17.5 Å². The van der Waals surface area contributed by atoms with E-state index in [4.69, 9.17) is 0 Å². The van der Waals surface area contributed by atoms with Gasteiger partial charge in [-0.05, 0) is 43.4 Å². The molecule has 0 saturated heterocycles. The number of aryl methyl sites for hydroxylation is 3. The largest absolute Gasteiger partial charge is 0.356 e. The summed E-state index contributed by atoms with van der Waals surface area (Å²) >= 11 is 0. The summed E-state index contributed by atoms with van der Waals surface area (Å²) in [6, 6.07) is 16.0. The molecule has 0 heterocycles. The van der Waals surface area contributed by atoms with Crippen LogP contribution in [0.25, 0.3) is 0 Å². The van der Waals surface area contributed by atoms with Crippen molar-refractivity contribution in [1.82, 2.24) is 5.32 Å². The highest BCUT2D eigenvalue weighted by molar-refractivity contribution is 6.04. The fourth-order valence-corrected chi connectivity index (χ4v) is 2.57. The molecule has 0 saturated carbocycles. The molecule has 0 aliphatic rings. The van der Waals surface area contributed by atoms with Crippen LogP contribution in [-0.2, 0) is 16.0 Å². The summed E-state index contributed by atoms with van der Waals surface area (Å²) in [5.74, 6) is -0.528. The number of hydrogen-bond acceptors (Lipinski definition) is 2. The van der Waals surface area contributed by atoms with Gasteiger partial charge >= 0.3 is 0 Å². The molecule has 0 spiro atoms. The van der Waals surface area contributed by atoms with Crippen LogP contribution in [0.3, 0.4) is 0 Å². The second kappa shape index (κ2) is 8.87. The Morgan fingerprint density at radius 1 is 0.875 bits per heavy atom. The van der Waals surface area contributed by atoms with E-state index in [2.05, 4.69) is 22.8 Å². The number of carbonyl (C=O) groups is 2. The maximum atomic E-state index is 12.0. The summed E-state index contributed by atoms with van der Waals surface area (Å²) in [5.41, 5.74) is 4.03. The minimum Gasteiger partial charge on any atom is -0.356 e. The van der Waals surface area contributed by atoms with Crippen LogP contribution in [0.2, 0.25) is 0 Å². The molecule has 2 aromatic carbocycles. The molecule has 2 rings (SSSR count). The minimum atomic E-state index is -0.284. The van der Waals surface area contributed by atoms with Crippen LogP contribution >= 0.6 is 0 Å². The molecule has 0 aliphatic heterocycles. The average Bonchev–Trinajstić information content (AvgIpc) is 2.56. The maximum Gasteiger partial charge on any atom is 0.233 e. The Morgan fingerprint density at radius 2 is 1.54 bits per heavy atom. The third-order valence-corrected chi connectivity index (χ3v) is 3.87. The first kappa shape index (κ1) is 17.7. The van der Waals surface area contributed by atoms with Gasteiger partial charge in [-0.3, -0.25) is 9.59 Å². The number of rotatable bonds is 7. The van der Waals surface area contributed by atoms with Crippen LogP contribution in [0, 0.1) is 13.8 Å². The number of amides is 2. The summed E-state index contributed by atoms with van der Waals surface area (Å²) in [6.07, 6.45) is 1.61. The van der Waals surface area contributed by atoms with Gasteiger partial charge in [0, 0.05) is 12.2 Å². The molecule has 0 radical (unpaired) electrons. The van der Waals surface area contributed by atoms with Crippen molar-refractivity contribution < 1.29 is 9.59 Å².